The lowest BCUT2D eigenvalue weighted by Gasteiger charge is -2.33. The maximum absolute atomic E-state index is 12.8. The van der Waals surface area contributed by atoms with E-state index in [9.17, 15) is 4.79 Å². The summed E-state index contributed by atoms with van der Waals surface area (Å²) in [5, 5.41) is 4.34. The van der Waals surface area contributed by atoms with Gasteiger partial charge in [-0.3, -0.25) is 9.69 Å². The maximum Gasteiger partial charge on any atom is 0.293 e. The first-order valence-corrected chi connectivity index (χ1v) is 9.66. The second kappa shape index (κ2) is 6.94. The zero-order chi connectivity index (χ0) is 18.3. The first-order chi connectivity index (χ1) is 12.5. The number of halogens is 1. The van der Waals surface area contributed by atoms with E-state index in [1.807, 2.05) is 30.9 Å². The summed E-state index contributed by atoms with van der Waals surface area (Å²) >= 11 is 7.59. The molecule has 0 N–H and O–H groups in total. The molecule has 0 atom stereocenters. The molecule has 0 bridgehead atoms. The third-order valence-electron chi connectivity index (χ3n) is 4.48. The summed E-state index contributed by atoms with van der Waals surface area (Å²) < 4.78 is 2.43. The zero-order valence-electron chi connectivity index (χ0n) is 14.6. The first kappa shape index (κ1) is 17.4. The van der Waals surface area contributed by atoms with Crippen molar-refractivity contribution in [1.82, 2.24) is 29.4 Å². The van der Waals surface area contributed by atoms with E-state index in [4.69, 9.17) is 11.6 Å². The number of rotatable bonds is 3. The number of carbonyl (C=O) groups excluding carboxylic acids is 1. The molecular weight excluding hydrogens is 372 g/mol. The average molecular weight is 391 g/mol. The van der Waals surface area contributed by atoms with E-state index in [0.717, 1.165) is 35.4 Å². The number of thiophene rings is 1. The summed E-state index contributed by atoms with van der Waals surface area (Å²) in [5.74, 6) is 0.551. The van der Waals surface area contributed by atoms with Gasteiger partial charge in [-0.1, -0.05) is 11.6 Å². The second-order valence-electron chi connectivity index (χ2n) is 6.46. The molecule has 1 fully saturated rings. The van der Waals surface area contributed by atoms with Gasteiger partial charge in [0.1, 0.15) is 0 Å². The number of amides is 1. The van der Waals surface area contributed by atoms with Crippen LogP contribution in [0.2, 0.25) is 4.34 Å². The highest BCUT2D eigenvalue weighted by Crippen LogP contribution is 2.23. The number of fused-ring (bicyclic) bond motifs is 1. The highest BCUT2D eigenvalue weighted by molar-refractivity contribution is 7.16. The third kappa shape index (κ3) is 3.44. The molecule has 26 heavy (non-hydrogen) atoms. The van der Waals surface area contributed by atoms with Crippen molar-refractivity contribution >= 4 is 34.6 Å². The fraction of sp³-hybridized carbons (Fsp3) is 0.412. The van der Waals surface area contributed by atoms with E-state index in [1.165, 1.54) is 4.88 Å². The van der Waals surface area contributed by atoms with Crippen LogP contribution in [0.3, 0.4) is 0 Å². The largest absolute Gasteiger partial charge is 0.333 e. The summed E-state index contributed by atoms with van der Waals surface area (Å²) in [5.41, 5.74) is 1.78. The van der Waals surface area contributed by atoms with E-state index >= 15 is 0 Å². The van der Waals surface area contributed by atoms with Crippen molar-refractivity contribution < 1.29 is 4.79 Å². The molecule has 0 saturated carbocycles. The number of aryl methyl sites for hydroxylation is 2. The van der Waals surface area contributed by atoms with Gasteiger partial charge in [-0.25, -0.2) is 9.50 Å². The number of carbonyl (C=O) groups is 1. The number of nitrogens with zero attached hydrogens (tertiary/aromatic N) is 6. The highest BCUT2D eigenvalue weighted by atomic mass is 35.5. The van der Waals surface area contributed by atoms with E-state index in [2.05, 4.69) is 26.0 Å². The van der Waals surface area contributed by atoms with Crippen LogP contribution in [0.5, 0.6) is 0 Å². The fourth-order valence-corrected chi connectivity index (χ4v) is 4.29. The summed E-state index contributed by atoms with van der Waals surface area (Å²) in [6.45, 7) is 7.69. The Morgan fingerprint density at radius 2 is 1.96 bits per heavy atom. The van der Waals surface area contributed by atoms with Crippen molar-refractivity contribution in [3.8, 4) is 0 Å². The van der Waals surface area contributed by atoms with Gasteiger partial charge >= 0.3 is 0 Å². The third-order valence-corrected chi connectivity index (χ3v) is 5.69. The molecule has 4 rings (SSSR count). The lowest BCUT2D eigenvalue weighted by Crippen LogP contribution is -2.48. The minimum Gasteiger partial charge on any atom is -0.333 e. The van der Waals surface area contributed by atoms with Crippen LogP contribution < -0.4 is 0 Å². The topological polar surface area (TPSA) is 66.6 Å². The smallest absolute Gasteiger partial charge is 0.293 e. The molecule has 1 saturated heterocycles. The monoisotopic (exact) mass is 390 g/mol. The van der Waals surface area contributed by atoms with Gasteiger partial charge in [-0.15, -0.1) is 16.4 Å². The van der Waals surface area contributed by atoms with Gasteiger partial charge in [0, 0.05) is 49.0 Å². The minimum absolute atomic E-state index is 0.133. The lowest BCUT2D eigenvalue weighted by molar-refractivity contribution is 0.0618. The van der Waals surface area contributed by atoms with Crippen molar-refractivity contribution in [2.24, 2.45) is 0 Å². The molecule has 0 spiro atoms. The summed E-state index contributed by atoms with van der Waals surface area (Å²) in [7, 11) is 0. The summed E-state index contributed by atoms with van der Waals surface area (Å²) in [6.07, 6.45) is 0. The van der Waals surface area contributed by atoms with Crippen molar-refractivity contribution in [3.05, 3.63) is 44.6 Å². The highest BCUT2D eigenvalue weighted by Gasteiger charge is 2.25. The van der Waals surface area contributed by atoms with Gasteiger partial charge < -0.3 is 4.90 Å². The van der Waals surface area contributed by atoms with Crippen molar-refractivity contribution in [2.75, 3.05) is 26.2 Å². The van der Waals surface area contributed by atoms with Crippen LogP contribution in [0.1, 0.15) is 26.9 Å². The molecule has 0 unspecified atom stereocenters. The molecule has 0 aliphatic carbocycles. The number of hydrogen-bond donors (Lipinski definition) is 0. The van der Waals surface area contributed by atoms with Crippen molar-refractivity contribution in [1.29, 1.82) is 0 Å². The van der Waals surface area contributed by atoms with Gasteiger partial charge in [-0.05, 0) is 32.0 Å². The molecule has 7 nitrogen and oxygen atoms in total. The molecule has 0 radical (unpaired) electrons. The predicted octanol–water partition coefficient (Wildman–Crippen LogP) is 2.41. The lowest BCUT2D eigenvalue weighted by atomic mass is 10.3. The molecule has 1 amide bonds. The summed E-state index contributed by atoms with van der Waals surface area (Å²) in [4.78, 5) is 26.8. The van der Waals surface area contributed by atoms with Crippen LogP contribution in [-0.4, -0.2) is 61.5 Å². The van der Waals surface area contributed by atoms with Crippen molar-refractivity contribution in [2.45, 2.75) is 20.4 Å². The summed E-state index contributed by atoms with van der Waals surface area (Å²) in [6, 6.07) is 5.90. The molecular formula is C17H19ClN6OS. The first-order valence-electron chi connectivity index (χ1n) is 8.46. The standard InChI is InChI=1S/C17H19ClN6OS/c1-11-9-12(2)24-17(19-11)20-15(21-24)16(25)23-7-5-22(6-8-23)10-13-3-4-14(18)26-13/h3-4,9H,5-8,10H2,1-2H3. The predicted molar refractivity (Wildman–Crippen MR) is 101 cm³/mol. The second-order valence-corrected chi connectivity index (χ2v) is 8.26. The molecule has 1 aliphatic heterocycles. The number of aromatic nitrogens is 4. The van der Waals surface area contributed by atoms with Gasteiger partial charge in [0.2, 0.25) is 5.82 Å². The van der Waals surface area contributed by atoms with Crippen LogP contribution in [0.15, 0.2) is 18.2 Å². The van der Waals surface area contributed by atoms with Crippen molar-refractivity contribution in [3.63, 3.8) is 0 Å². The van der Waals surface area contributed by atoms with Crippen LogP contribution >= 0.6 is 22.9 Å². The number of piperazine rings is 1. The zero-order valence-corrected chi connectivity index (χ0v) is 16.2. The van der Waals surface area contributed by atoms with E-state index in [-0.39, 0.29) is 11.7 Å². The minimum atomic E-state index is -0.133. The molecule has 3 aromatic rings. The van der Waals surface area contributed by atoms with E-state index in [0.29, 0.717) is 18.9 Å². The Hall–Kier alpha value is -2.03. The Balaban J connectivity index is 1.42. The van der Waals surface area contributed by atoms with E-state index < -0.39 is 0 Å². The van der Waals surface area contributed by atoms with Gasteiger partial charge in [0.25, 0.3) is 11.7 Å². The van der Waals surface area contributed by atoms with Crippen LogP contribution in [0, 0.1) is 13.8 Å². The molecule has 9 heteroatoms. The number of hydrogen-bond acceptors (Lipinski definition) is 6. The Bertz CT molecular complexity index is 959. The Morgan fingerprint density at radius 1 is 1.19 bits per heavy atom. The Morgan fingerprint density at radius 3 is 2.65 bits per heavy atom. The van der Waals surface area contributed by atoms with Gasteiger partial charge in [0.15, 0.2) is 0 Å². The molecule has 1 aliphatic rings. The van der Waals surface area contributed by atoms with Crippen LogP contribution in [-0.2, 0) is 6.54 Å². The normalized spacial score (nSPS) is 15.7. The Kier molecular flexibility index (Phi) is 4.64. The molecule has 136 valence electrons. The average Bonchev–Trinajstić information content (AvgIpc) is 3.21. The maximum atomic E-state index is 12.8. The quantitative estimate of drug-likeness (QED) is 0.687. The molecule has 0 aromatic carbocycles. The van der Waals surface area contributed by atoms with E-state index in [1.54, 1.807) is 15.9 Å². The van der Waals surface area contributed by atoms with Crippen LogP contribution in [0.25, 0.3) is 5.78 Å². The molecule has 3 aromatic heterocycles. The SMILES string of the molecule is Cc1cc(C)n2nc(C(=O)N3CCN(Cc4ccc(Cl)s4)CC3)nc2n1. The Labute approximate surface area is 160 Å². The fourth-order valence-electron chi connectivity index (χ4n) is 3.16. The van der Waals surface area contributed by atoms with Gasteiger partial charge in [-0.2, -0.15) is 4.98 Å². The van der Waals surface area contributed by atoms with Gasteiger partial charge in [0.05, 0.1) is 4.34 Å². The molecule has 4 heterocycles. The van der Waals surface area contributed by atoms with Crippen LogP contribution in [0.4, 0.5) is 0 Å².